The third-order valence-electron chi connectivity index (χ3n) is 2.24. The summed E-state index contributed by atoms with van der Waals surface area (Å²) in [6, 6.07) is 7.56. The monoisotopic (exact) mass is 281 g/mol. The number of nitrogens with two attached hydrogens (primary N) is 1. The van der Waals surface area contributed by atoms with E-state index < -0.39 is 0 Å². The number of hydrogen-bond acceptors (Lipinski definition) is 3. The first-order valence-corrected chi connectivity index (χ1v) is 5.59. The Morgan fingerprint density at radius 1 is 1.31 bits per heavy atom. The van der Waals surface area contributed by atoms with Gasteiger partial charge in [-0.15, -0.1) is 0 Å². The van der Waals surface area contributed by atoms with E-state index in [4.69, 9.17) is 10.5 Å². The molecule has 0 unspecified atom stereocenters. The van der Waals surface area contributed by atoms with Gasteiger partial charge >= 0.3 is 0 Å². The van der Waals surface area contributed by atoms with E-state index in [2.05, 4.69) is 21.0 Å². The van der Waals surface area contributed by atoms with Gasteiger partial charge in [-0.1, -0.05) is 15.9 Å². The summed E-state index contributed by atoms with van der Waals surface area (Å²) in [6.45, 7) is 1.85. The molecule has 5 heteroatoms. The summed E-state index contributed by atoms with van der Waals surface area (Å²) in [5.74, 6) is 1.30. The van der Waals surface area contributed by atoms with E-state index in [1.54, 1.807) is 11.7 Å². The Labute approximate surface area is 102 Å². The largest absolute Gasteiger partial charge is 0.437 e. The Morgan fingerprint density at radius 3 is 2.44 bits per heavy atom. The molecule has 2 aromatic rings. The molecule has 16 heavy (non-hydrogen) atoms. The summed E-state index contributed by atoms with van der Waals surface area (Å²) in [6.07, 6.45) is 0. The fourth-order valence-corrected chi connectivity index (χ4v) is 1.65. The van der Waals surface area contributed by atoms with Gasteiger partial charge in [-0.2, -0.15) is 5.10 Å². The van der Waals surface area contributed by atoms with Crippen molar-refractivity contribution in [2.24, 2.45) is 7.05 Å². The average molecular weight is 282 g/mol. The standard InChI is InChI=1S/C11H12BrN3O/c1-7-10(13)11(15(2)14-7)16-9-5-3-8(12)4-6-9/h3-6H,13H2,1-2H3. The lowest BCUT2D eigenvalue weighted by atomic mass is 10.3. The van der Waals surface area contributed by atoms with Gasteiger partial charge in [0.15, 0.2) is 0 Å². The molecule has 0 aliphatic carbocycles. The predicted molar refractivity (Wildman–Crippen MR) is 66.6 cm³/mol. The third kappa shape index (κ3) is 2.04. The second-order valence-electron chi connectivity index (χ2n) is 3.48. The van der Waals surface area contributed by atoms with Crippen molar-refractivity contribution in [3.8, 4) is 11.6 Å². The number of hydrogen-bond donors (Lipinski definition) is 1. The van der Waals surface area contributed by atoms with Crippen molar-refractivity contribution in [3.63, 3.8) is 0 Å². The minimum atomic E-state index is 0.569. The topological polar surface area (TPSA) is 53.1 Å². The van der Waals surface area contributed by atoms with E-state index in [-0.39, 0.29) is 0 Å². The lowest BCUT2D eigenvalue weighted by Gasteiger charge is -2.06. The molecule has 1 aromatic carbocycles. The van der Waals surface area contributed by atoms with Crippen LogP contribution in [-0.4, -0.2) is 9.78 Å². The molecule has 0 saturated heterocycles. The molecular formula is C11H12BrN3O. The Morgan fingerprint density at radius 2 is 1.94 bits per heavy atom. The Balaban J connectivity index is 2.30. The van der Waals surface area contributed by atoms with Gasteiger partial charge < -0.3 is 10.5 Å². The highest BCUT2D eigenvalue weighted by Crippen LogP contribution is 2.29. The van der Waals surface area contributed by atoms with Gasteiger partial charge in [0, 0.05) is 11.5 Å². The summed E-state index contributed by atoms with van der Waals surface area (Å²) < 4.78 is 8.31. The van der Waals surface area contributed by atoms with Crippen molar-refractivity contribution in [3.05, 3.63) is 34.4 Å². The Kier molecular flexibility index (Phi) is 2.87. The number of ether oxygens (including phenoxy) is 1. The SMILES string of the molecule is Cc1nn(C)c(Oc2ccc(Br)cc2)c1N. The van der Waals surface area contributed by atoms with Crippen LogP contribution in [0.1, 0.15) is 5.69 Å². The Bertz CT molecular complexity index is 505. The number of nitrogens with zero attached hydrogens (tertiary/aromatic N) is 2. The lowest BCUT2D eigenvalue weighted by Crippen LogP contribution is -1.96. The molecule has 84 valence electrons. The maximum atomic E-state index is 5.86. The first kappa shape index (κ1) is 11.0. The van der Waals surface area contributed by atoms with Crippen LogP contribution in [0.2, 0.25) is 0 Å². The zero-order chi connectivity index (χ0) is 11.7. The highest BCUT2D eigenvalue weighted by Gasteiger charge is 2.11. The van der Waals surface area contributed by atoms with Crippen LogP contribution in [0.4, 0.5) is 5.69 Å². The summed E-state index contributed by atoms with van der Waals surface area (Å²) in [5, 5.41) is 4.18. The minimum Gasteiger partial charge on any atom is -0.437 e. The molecule has 0 spiro atoms. The van der Waals surface area contributed by atoms with Gasteiger partial charge in [0.1, 0.15) is 11.4 Å². The molecule has 0 bridgehead atoms. The molecule has 1 aromatic heterocycles. The highest BCUT2D eigenvalue weighted by atomic mass is 79.9. The number of aromatic nitrogens is 2. The number of halogens is 1. The van der Waals surface area contributed by atoms with Gasteiger partial charge in [-0.25, -0.2) is 4.68 Å². The molecule has 0 atom stereocenters. The zero-order valence-electron chi connectivity index (χ0n) is 9.07. The molecule has 2 N–H and O–H groups in total. The quantitative estimate of drug-likeness (QED) is 0.921. The van der Waals surface area contributed by atoms with E-state index >= 15 is 0 Å². The normalized spacial score (nSPS) is 10.4. The van der Waals surface area contributed by atoms with Crippen molar-refractivity contribution >= 4 is 21.6 Å². The van der Waals surface area contributed by atoms with Crippen molar-refractivity contribution in [2.75, 3.05) is 5.73 Å². The van der Waals surface area contributed by atoms with Crippen molar-refractivity contribution in [1.82, 2.24) is 9.78 Å². The molecule has 0 radical (unpaired) electrons. The average Bonchev–Trinajstić information content (AvgIpc) is 2.48. The minimum absolute atomic E-state index is 0.569. The van der Waals surface area contributed by atoms with Crippen molar-refractivity contribution < 1.29 is 4.74 Å². The van der Waals surface area contributed by atoms with Gasteiger partial charge in [-0.3, -0.25) is 0 Å². The first-order valence-electron chi connectivity index (χ1n) is 4.80. The van der Waals surface area contributed by atoms with Crippen LogP contribution in [0.15, 0.2) is 28.7 Å². The fraction of sp³-hybridized carbons (Fsp3) is 0.182. The van der Waals surface area contributed by atoms with E-state index in [1.165, 1.54) is 0 Å². The van der Waals surface area contributed by atoms with Crippen LogP contribution in [-0.2, 0) is 7.05 Å². The van der Waals surface area contributed by atoms with E-state index in [0.717, 1.165) is 15.9 Å². The van der Waals surface area contributed by atoms with Gasteiger partial charge in [0.05, 0.1) is 5.69 Å². The molecule has 0 aliphatic heterocycles. The number of anilines is 1. The number of rotatable bonds is 2. The van der Waals surface area contributed by atoms with Crippen LogP contribution in [0.25, 0.3) is 0 Å². The molecular weight excluding hydrogens is 270 g/mol. The summed E-state index contributed by atoms with van der Waals surface area (Å²) in [7, 11) is 1.80. The number of benzene rings is 1. The maximum absolute atomic E-state index is 5.86. The van der Waals surface area contributed by atoms with E-state index in [9.17, 15) is 0 Å². The van der Waals surface area contributed by atoms with Crippen LogP contribution in [0.5, 0.6) is 11.6 Å². The summed E-state index contributed by atoms with van der Waals surface area (Å²) in [4.78, 5) is 0. The highest BCUT2D eigenvalue weighted by molar-refractivity contribution is 9.10. The molecule has 0 aliphatic rings. The maximum Gasteiger partial charge on any atom is 0.241 e. The molecule has 1 heterocycles. The second-order valence-corrected chi connectivity index (χ2v) is 4.40. The van der Waals surface area contributed by atoms with Gasteiger partial charge in [0.2, 0.25) is 5.88 Å². The zero-order valence-corrected chi connectivity index (χ0v) is 10.7. The van der Waals surface area contributed by atoms with Crippen LogP contribution < -0.4 is 10.5 Å². The van der Waals surface area contributed by atoms with Crippen LogP contribution >= 0.6 is 15.9 Å². The molecule has 0 amide bonds. The van der Waals surface area contributed by atoms with Crippen LogP contribution in [0.3, 0.4) is 0 Å². The molecule has 0 saturated carbocycles. The fourth-order valence-electron chi connectivity index (χ4n) is 1.39. The van der Waals surface area contributed by atoms with Gasteiger partial charge in [-0.05, 0) is 31.2 Å². The summed E-state index contributed by atoms with van der Waals surface area (Å²) >= 11 is 3.37. The molecule has 4 nitrogen and oxygen atoms in total. The van der Waals surface area contributed by atoms with E-state index in [0.29, 0.717) is 11.6 Å². The first-order chi connectivity index (χ1) is 7.58. The smallest absolute Gasteiger partial charge is 0.241 e. The Hall–Kier alpha value is -1.49. The predicted octanol–water partition coefficient (Wildman–Crippen LogP) is 2.87. The molecule has 2 rings (SSSR count). The summed E-state index contributed by atoms with van der Waals surface area (Å²) in [5.41, 5.74) is 7.21. The van der Waals surface area contributed by atoms with Gasteiger partial charge in [0.25, 0.3) is 0 Å². The molecule has 0 fully saturated rings. The number of aryl methyl sites for hydroxylation is 2. The lowest BCUT2D eigenvalue weighted by molar-refractivity contribution is 0.432. The third-order valence-corrected chi connectivity index (χ3v) is 2.77. The van der Waals surface area contributed by atoms with Crippen LogP contribution in [0, 0.1) is 6.92 Å². The van der Waals surface area contributed by atoms with E-state index in [1.807, 2.05) is 31.2 Å². The number of nitrogen functional groups attached to an aromatic ring is 1. The second kappa shape index (κ2) is 4.17. The van der Waals surface area contributed by atoms with Crippen molar-refractivity contribution in [1.29, 1.82) is 0 Å². The van der Waals surface area contributed by atoms with Crippen molar-refractivity contribution in [2.45, 2.75) is 6.92 Å².